The number of carbonyl (C=O) groups excluding carboxylic acids is 1. The monoisotopic (exact) mass is 332 g/mol. The maximum atomic E-state index is 12.1. The molecule has 1 aromatic heterocycles. The van der Waals surface area contributed by atoms with E-state index in [4.69, 9.17) is 4.42 Å². The molecule has 0 saturated heterocycles. The molecular weight excluding hydrogens is 324 g/mol. The van der Waals surface area contributed by atoms with E-state index in [1.165, 1.54) is 0 Å². The first-order valence-electron chi connectivity index (χ1n) is 5.82. The maximum Gasteiger partial charge on any atom is 0.417 e. The molecule has 2 N–H and O–H groups in total. The summed E-state index contributed by atoms with van der Waals surface area (Å²) in [6, 6.07) is 12.1. The standard InChI is InChI=1S/C14H9BrN2O3/c15-10-4-2-1-3-9(10)13(18)16-8-5-6-12-11(7-8)17-14(19)20-12/h1-7H,(H,16,18)(H,17,19). The summed E-state index contributed by atoms with van der Waals surface area (Å²) < 4.78 is 5.62. The smallest absolute Gasteiger partial charge is 0.408 e. The van der Waals surface area contributed by atoms with E-state index >= 15 is 0 Å². The van der Waals surface area contributed by atoms with Crippen LogP contribution in [0, 0.1) is 0 Å². The van der Waals surface area contributed by atoms with Gasteiger partial charge in [0, 0.05) is 10.2 Å². The molecule has 0 unspecified atom stereocenters. The number of aromatic nitrogens is 1. The molecule has 6 heteroatoms. The van der Waals surface area contributed by atoms with E-state index in [1.54, 1.807) is 36.4 Å². The number of fused-ring (bicyclic) bond motifs is 1. The lowest BCUT2D eigenvalue weighted by molar-refractivity contribution is 0.102. The zero-order valence-electron chi connectivity index (χ0n) is 10.1. The van der Waals surface area contributed by atoms with Gasteiger partial charge in [0.05, 0.1) is 11.1 Å². The first kappa shape index (κ1) is 12.7. The van der Waals surface area contributed by atoms with Gasteiger partial charge < -0.3 is 9.73 Å². The number of nitrogens with one attached hydrogen (secondary N) is 2. The van der Waals surface area contributed by atoms with E-state index in [1.807, 2.05) is 6.07 Å². The topological polar surface area (TPSA) is 75.1 Å². The van der Waals surface area contributed by atoms with Crippen molar-refractivity contribution in [1.29, 1.82) is 0 Å². The highest BCUT2D eigenvalue weighted by Gasteiger charge is 2.10. The normalized spacial score (nSPS) is 10.7. The minimum Gasteiger partial charge on any atom is -0.408 e. The first-order chi connectivity index (χ1) is 9.63. The van der Waals surface area contributed by atoms with E-state index < -0.39 is 5.76 Å². The largest absolute Gasteiger partial charge is 0.417 e. The van der Waals surface area contributed by atoms with Gasteiger partial charge in [0.1, 0.15) is 0 Å². The van der Waals surface area contributed by atoms with Gasteiger partial charge in [-0.15, -0.1) is 0 Å². The number of halogens is 1. The Hall–Kier alpha value is -2.34. The fraction of sp³-hybridized carbons (Fsp3) is 0. The summed E-state index contributed by atoms with van der Waals surface area (Å²) in [5.74, 6) is -0.753. The van der Waals surface area contributed by atoms with Crippen LogP contribution < -0.4 is 11.1 Å². The maximum absolute atomic E-state index is 12.1. The van der Waals surface area contributed by atoms with Crippen molar-refractivity contribution in [2.75, 3.05) is 5.32 Å². The van der Waals surface area contributed by atoms with Gasteiger partial charge in [-0.25, -0.2) is 4.79 Å². The highest BCUT2D eigenvalue weighted by Crippen LogP contribution is 2.20. The van der Waals surface area contributed by atoms with Crippen LogP contribution in [-0.2, 0) is 0 Å². The van der Waals surface area contributed by atoms with Crippen LogP contribution in [0.3, 0.4) is 0 Å². The summed E-state index contributed by atoms with van der Waals surface area (Å²) in [7, 11) is 0. The summed E-state index contributed by atoms with van der Waals surface area (Å²) in [6.07, 6.45) is 0. The molecule has 0 atom stereocenters. The molecule has 0 spiro atoms. The SMILES string of the molecule is O=C(Nc1ccc2oc(=O)[nH]c2c1)c1ccccc1Br. The molecule has 0 aliphatic heterocycles. The second-order valence-electron chi connectivity index (χ2n) is 4.16. The summed E-state index contributed by atoms with van der Waals surface area (Å²) >= 11 is 3.33. The molecule has 100 valence electrons. The number of benzene rings is 2. The molecule has 20 heavy (non-hydrogen) atoms. The van der Waals surface area contributed by atoms with Crippen LogP contribution in [0.25, 0.3) is 11.1 Å². The zero-order valence-corrected chi connectivity index (χ0v) is 11.7. The molecule has 5 nitrogen and oxygen atoms in total. The van der Waals surface area contributed by atoms with Gasteiger partial charge in [-0.05, 0) is 46.3 Å². The van der Waals surface area contributed by atoms with Gasteiger partial charge in [-0.2, -0.15) is 0 Å². The van der Waals surface area contributed by atoms with Crippen molar-refractivity contribution in [3.05, 3.63) is 63.1 Å². The molecule has 2 aromatic carbocycles. The number of carbonyl (C=O) groups is 1. The van der Waals surface area contributed by atoms with Gasteiger partial charge in [0.25, 0.3) is 5.91 Å². The zero-order chi connectivity index (χ0) is 14.1. The Morgan fingerprint density at radius 3 is 2.80 bits per heavy atom. The number of anilines is 1. The number of H-pyrrole nitrogens is 1. The Bertz CT molecular complexity index is 851. The van der Waals surface area contributed by atoms with Crippen LogP contribution in [0.4, 0.5) is 5.69 Å². The number of rotatable bonds is 2. The highest BCUT2D eigenvalue weighted by atomic mass is 79.9. The Labute approximate surface area is 121 Å². The molecule has 0 bridgehead atoms. The van der Waals surface area contributed by atoms with Gasteiger partial charge in [-0.1, -0.05) is 12.1 Å². The lowest BCUT2D eigenvalue weighted by atomic mass is 10.2. The second-order valence-corrected chi connectivity index (χ2v) is 5.01. The molecule has 0 fully saturated rings. The molecule has 1 heterocycles. The van der Waals surface area contributed by atoms with Crippen LogP contribution >= 0.6 is 15.9 Å². The van der Waals surface area contributed by atoms with Crippen LogP contribution in [0.2, 0.25) is 0 Å². The van der Waals surface area contributed by atoms with Crippen LogP contribution in [0.15, 0.2) is 56.1 Å². The van der Waals surface area contributed by atoms with Crippen molar-refractivity contribution in [1.82, 2.24) is 4.98 Å². The van der Waals surface area contributed by atoms with Gasteiger partial charge in [-0.3, -0.25) is 9.78 Å². The minimum atomic E-state index is -0.519. The van der Waals surface area contributed by atoms with Gasteiger partial charge in [0.15, 0.2) is 5.58 Å². The third-order valence-electron chi connectivity index (χ3n) is 2.80. The fourth-order valence-corrected chi connectivity index (χ4v) is 2.34. The van der Waals surface area contributed by atoms with E-state index in [-0.39, 0.29) is 5.91 Å². The van der Waals surface area contributed by atoms with Crippen molar-refractivity contribution in [3.8, 4) is 0 Å². The lowest BCUT2D eigenvalue weighted by Gasteiger charge is -2.06. The number of aromatic amines is 1. The average molecular weight is 333 g/mol. The second kappa shape index (κ2) is 4.97. The van der Waals surface area contributed by atoms with Crippen molar-refractivity contribution in [3.63, 3.8) is 0 Å². The number of oxazole rings is 1. The van der Waals surface area contributed by atoms with Crippen molar-refractivity contribution in [2.45, 2.75) is 0 Å². The number of hydrogen-bond acceptors (Lipinski definition) is 3. The molecule has 3 rings (SSSR count). The Morgan fingerprint density at radius 1 is 1.20 bits per heavy atom. The third-order valence-corrected chi connectivity index (χ3v) is 3.49. The quantitative estimate of drug-likeness (QED) is 0.757. The molecule has 0 aliphatic rings. The van der Waals surface area contributed by atoms with Crippen molar-refractivity contribution < 1.29 is 9.21 Å². The third kappa shape index (κ3) is 2.37. The number of hydrogen-bond donors (Lipinski definition) is 2. The molecule has 1 amide bonds. The first-order valence-corrected chi connectivity index (χ1v) is 6.61. The summed E-state index contributed by atoms with van der Waals surface area (Å²) in [6.45, 7) is 0. The van der Waals surface area contributed by atoms with Crippen molar-refractivity contribution in [2.24, 2.45) is 0 Å². The molecule has 0 radical (unpaired) electrons. The highest BCUT2D eigenvalue weighted by molar-refractivity contribution is 9.10. The van der Waals surface area contributed by atoms with E-state index in [9.17, 15) is 9.59 Å². The van der Waals surface area contributed by atoms with Crippen molar-refractivity contribution >= 4 is 38.6 Å². The molecule has 3 aromatic rings. The van der Waals surface area contributed by atoms with Crippen LogP contribution in [0.1, 0.15) is 10.4 Å². The van der Waals surface area contributed by atoms with Gasteiger partial charge >= 0.3 is 5.76 Å². The van der Waals surface area contributed by atoms with Crippen LogP contribution in [0.5, 0.6) is 0 Å². The Balaban J connectivity index is 1.91. The van der Waals surface area contributed by atoms with E-state index in [2.05, 4.69) is 26.2 Å². The number of amides is 1. The minimum absolute atomic E-state index is 0.234. The van der Waals surface area contributed by atoms with E-state index in [0.29, 0.717) is 22.4 Å². The summed E-state index contributed by atoms with van der Waals surface area (Å²) in [4.78, 5) is 25.8. The Kier molecular flexibility index (Phi) is 3.15. The van der Waals surface area contributed by atoms with E-state index in [0.717, 1.165) is 4.47 Å². The Morgan fingerprint density at radius 2 is 2.00 bits per heavy atom. The predicted octanol–water partition coefficient (Wildman–Crippen LogP) is 3.14. The lowest BCUT2D eigenvalue weighted by Crippen LogP contribution is -2.12. The predicted molar refractivity (Wildman–Crippen MR) is 78.9 cm³/mol. The van der Waals surface area contributed by atoms with Crippen LogP contribution in [-0.4, -0.2) is 10.9 Å². The molecule has 0 aliphatic carbocycles. The summed E-state index contributed by atoms with van der Waals surface area (Å²) in [5.41, 5.74) is 2.11. The fourth-order valence-electron chi connectivity index (χ4n) is 1.87. The summed E-state index contributed by atoms with van der Waals surface area (Å²) in [5, 5.41) is 2.77. The van der Waals surface area contributed by atoms with Gasteiger partial charge in [0.2, 0.25) is 0 Å². The molecular formula is C14H9BrN2O3. The average Bonchev–Trinajstić information content (AvgIpc) is 2.78. The molecule has 0 saturated carbocycles.